The quantitative estimate of drug-likeness (QED) is 0.737. The number of nitrogens with zero attached hydrogens (tertiary/aromatic N) is 6. The van der Waals surface area contributed by atoms with Gasteiger partial charge >= 0.3 is 6.03 Å². The van der Waals surface area contributed by atoms with E-state index < -0.39 is 0 Å². The van der Waals surface area contributed by atoms with Crippen LogP contribution in [0, 0.1) is 17.7 Å². The number of anilines is 2. The van der Waals surface area contributed by atoms with Crippen molar-refractivity contribution >= 4 is 23.2 Å². The number of likely N-dealkylation sites (tertiary alicyclic amines) is 1. The second-order valence-electron chi connectivity index (χ2n) is 7.70. The lowest BCUT2D eigenvalue weighted by Gasteiger charge is -2.22. The Morgan fingerprint density at radius 2 is 1.79 bits per heavy atom. The Morgan fingerprint density at radius 3 is 2.48 bits per heavy atom. The lowest BCUT2D eigenvalue weighted by Crippen LogP contribution is -2.36. The third kappa shape index (κ3) is 3.26. The molecule has 2 unspecified atom stereocenters. The van der Waals surface area contributed by atoms with Crippen LogP contribution >= 0.6 is 0 Å². The molecular weight excluding hydrogens is 373 g/mol. The van der Waals surface area contributed by atoms with Gasteiger partial charge < -0.3 is 15.1 Å². The minimum Gasteiger partial charge on any atom is -0.354 e. The van der Waals surface area contributed by atoms with Crippen LogP contribution in [0.15, 0.2) is 36.4 Å². The molecular formula is C20H22FN7O. The third-order valence-corrected chi connectivity index (χ3v) is 5.82. The zero-order chi connectivity index (χ0) is 20.0. The van der Waals surface area contributed by atoms with E-state index in [2.05, 4.69) is 20.4 Å². The molecule has 0 spiro atoms. The highest BCUT2D eigenvalue weighted by Crippen LogP contribution is 2.33. The summed E-state index contributed by atoms with van der Waals surface area (Å²) < 4.78 is 14.8. The molecule has 2 aliphatic heterocycles. The molecule has 5 rings (SSSR count). The molecule has 0 aliphatic carbocycles. The van der Waals surface area contributed by atoms with Crippen molar-refractivity contribution in [3.8, 4) is 0 Å². The molecule has 0 saturated carbocycles. The molecule has 1 N–H and O–H groups in total. The zero-order valence-electron chi connectivity index (χ0n) is 16.1. The van der Waals surface area contributed by atoms with Crippen molar-refractivity contribution < 1.29 is 9.18 Å². The Labute approximate surface area is 167 Å². The van der Waals surface area contributed by atoms with Gasteiger partial charge in [0.15, 0.2) is 11.5 Å². The Kier molecular flexibility index (Phi) is 4.30. The van der Waals surface area contributed by atoms with Crippen molar-refractivity contribution in [3.05, 3.63) is 48.0 Å². The van der Waals surface area contributed by atoms with Gasteiger partial charge in [-0.2, -0.15) is 4.52 Å². The van der Waals surface area contributed by atoms with Gasteiger partial charge in [-0.25, -0.2) is 9.18 Å². The molecule has 2 aliphatic rings. The molecule has 9 heteroatoms. The highest BCUT2D eigenvalue weighted by atomic mass is 19.1. The SMILES string of the molecule is CCc1nnc2ccc(N3CC4CN(C(=O)Nc5ccc(F)cc5)CC4C3)nn12. The van der Waals surface area contributed by atoms with Gasteiger partial charge in [0, 0.05) is 50.1 Å². The Bertz CT molecular complexity index is 1040. The number of hydrogen-bond donors (Lipinski definition) is 1. The first-order valence-electron chi connectivity index (χ1n) is 9.88. The summed E-state index contributed by atoms with van der Waals surface area (Å²) in [6, 6.07) is 9.64. The second kappa shape index (κ2) is 6.98. The normalized spacial score (nSPS) is 21.0. The van der Waals surface area contributed by atoms with Crippen LogP contribution in [-0.2, 0) is 6.42 Å². The molecule has 0 radical (unpaired) electrons. The highest BCUT2D eigenvalue weighted by molar-refractivity contribution is 5.89. The van der Waals surface area contributed by atoms with E-state index in [9.17, 15) is 9.18 Å². The van der Waals surface area contributed by atoms with Crippen molar-refractivity contribution in [2.45, 2.75) is 13.3 Å². The first-order valence-corrected chi connectivity index (χ1v) is 9.88. The van der Waals surface area contributed by atoms with Gasteiger partial charge in [-0.15, -0.1) is 15.3 Å². The molecule has 2 amide bonds. The van der Waals surface area contributed by atoms with E-state index in [1.54, 1.807) is 12.1 Å². The maximum absolute atomic E-state index is 13.0. The number of aromatic nitrogens is 4. The largest absolute Gasteiger partial charge is 0.354 e. The zero-order valence-corrected chi connectivity index (χ0v) is 16.1. The molecule has 2 saturated heterocycles. The van der Waals surface area contributed by atoms with E-state index in [0.717, 1.165) is 36.8 Å². The summed E-state index contributed by atoms with van der Waals surface area (Å²) in [5, 5.41) is 15.9. The summed E-state index contributed by atoms with van der Waals surface area (Å²) in [7, 11) is 0. The lowest BCUT2D eigenvalue weighted by atomic mass is 10.0. The van der Waals surface area contributed by atoms with E-state index in [1.807, 2.05) is 28.5 Å². The smallest absolute Gasteiger partial charge is 0.321 e. The standard InChI is InChI=1S/C20H22FN7O/c1-2-17-23-24-18-7-8-19(25-28(17)18)26-9-13-11-27(12-14(13)10-26)20(29)22-16-5-3-15(21)4-6-16/h3-8,13-14H,2,9-12H2,1H3,(H,22,29). The maximum atomic E-state index is 13.0. The molecule has 29 heavy (non-hydrogen) atoms. The number of amides is 2. The number of carbonyl (C=O) groups excluding carboxylic acids is 1. The number of rotatable bonds is 3. The van der Waals surface area contributed by atoms with Crippen LogP contribution in [0.4, 0.5) is 20.7 Å². The molecule has 150 valence electrons. The number of carbonyl (C=O) groups is 1. The van der Waals surface area contributed by atoms with Gasteiger partial charge in [-0.1, -0.05) is 6.92 Å². The van der Waals surface area contributed by atoms with Crippen LogP contribution in [0.1, 0.15) is 12.7 Å². The first-order chi connectivity index (χ1) is 14.1. The maximum Gasteiger partial charge on any atom is 0.321 e. The minimum atomic E-state index is -0.317. The molecule has 0 bridgehead atoms. The van der Waals surface area contributed by atoms with Crippen LogP contribution in [0.5, 0.6) is 0 Å². The van der Waals surface area contributed by atoms with Gasteiger partial charge in [0.05, 0.1) is 0 Å². The topological polar surface area (TPSA) is 78.7 Å². The molecule has 1 aromatic carbocycles. The summed E-state index contributed by atoms with van der Waals surface area (Å²) in [5.74, 6) is 2.28. The van der Waals surface area contributed by atoms with Crippen molar-refractivity contribution in [2.24, 2.45) is 11.8 Å². The number of aryl methyl sites for hydroxylation is 1. The molecule has 8 nitrogen and oxygen atoms in total. The van der Waals surface area contributed by atoms with Crippen molar-refractivity contribution in [1.29, 1.82) is 0 Å². The van der Waals surface area contributed by atoms with Crippen LogP contribution < -0.4 is 10.2 Å². The van der Waals surface area contributed by atoms with Gasteiger partial charge in [0.1, 0.15) is 11.6 Å². The number of nitrogens with one attached hydrogen (secondary N) is 1. The van der Waals surface area contributed by atoms with Crippen molar-refractivity contribution in [1.82, 2.24) is 24.7 Å². The molecule has 4 heterocycles. The lowest BCUT2D eigenvalue weighted by molar-refractivity contribution is 0.219. The van der Waals surface area contributed by atoms with Crippen molar-refractivity contribution in [2.75, 3.05) is 36.4 Å². The van der Waals surface area contributed by atoms with Gasteiger partial charge in [0.25, 0.3) is 0 Å². The third-order valence-electron chi connectivity index (χ3n) is 5.82. The van der Waals surface area contributed by atoms with Gasteiger partial charge in [-0.05, 0) is 36.4 Å². The van der Waals surface area contributed by atoms with E-state index in [1.165, 1.54) is 12.1 Å². The predicted molar refractivity (Wildman–Crippen MR) is 106 cm³/mol. The highest BCUT2D eigenvalue weighted by Gasteiger charge is 2.42. The van der Waals surface area contributed by atoms with Crippen LogP contribution in [0.25, 0.3) is 5.65 Å². The van der Waals surface area contributed by atoms with E-state index in [-0.39, 0.29) is 11.8 Å². The fourth-order valence-electron chi connectivity index (χ4n) is 4.29. The number of hydrogen-bond acceptors (Lipinski definition) is 5. The fourth-order valence-corrected chi connectivity index (χ4v) is 4.29. The van der Waals surface area contributed by atoms with E-state index in [0.29, 0.717) is 30.6 Å². The van der Waals surface area contributed by atoms with E-state index >= 15 is 0 Å². The summed E-state index contributed by atoms with van der Waals surface area (Å²) in [6.45, 7) is 5.20. The van der Waals surface area contributed by atoms with E-state index in [4.69, 9.17) is 5.10 Å². The number of urea groups is 1. The predicted octanol–water partition coefficient (Wildman–Crippen LogP) is 2.43. The number of halogens is 1. The van der Waals surface area contributed by atoms with Crippen molar-refractivity contribution in [3.63, 3.8) is 0 Å². The molecule has 2 fully saturated rings. The van der Waals surface area contributed by atoms with Gasteiger partial charge in [0.2, 0.25) is 0 Å². The summed E-state index contributed by atoms with van der Waals surface area (Å²) in [5.41, 5.74) is 1.36. The summed E-state index contributed by atoms with van der Waals surface area (Å²) in [4.78, 5) is 16.7. The number of benzene rings is 1. The molecule has 2 atom stereocenters. The first kappa shape index (κ1) is 17.8. The van der Waals surface area contributed by atoms with Crippen LogP contribution in [-0.4, -0.2) is 56.9 Å². The Balaban J connectivity index is 1.24. The van der Waals surface area contributed by atoms with Gasteiger partial charge in [-0.3, -0.25) is 0 Å². The average Bonchev–Trinajstić information content (AvgIpc) is 3.41. The average molecular weight is 395 g/mol. The van der Waals surface area contributed by atoms with Crippen LogP contribution in [0.2, 0.25) is 0 Å². The number of fused-ring (bicyclic) bond motifs is 2. The Hall–Kier alpha value is -3.23. The Morgan fingerprint density at radius 1 is 1.07 bits per heavy atom. The fraction of sp³-hybridized carbons (Fsp3) is 0.400. The minimum absolute atomic E-state index is 0.130. The molecule has 3 aromatic rings. The summed E-state index contributed by atoms with van der Waals surface area (Å²) >= 11 is 0. The van der Waals surface area contributed by atoms with Crippen LogP contribution in [0.3, 0.4) is 0 Å². The second-order valence-corrected chi connectivity index (χ2v) is 7.70. The molecule has 2 aromatic heterocycles. The summed E-state index contributed by atoms with van der Waals surface area (Å²) in [6.07, 6.45) is 0.779. The monoisotopic (exact) mass is 395 g/mol.